The molecule has 0 aromatic heterocycles. The van der Waals surface area contributed by atoms with Gasteiger partial charge in [0.25, 0.3) is 5.91 Å². The summed E-state index contributed by atoms with van der Waals surface area (Å²) < 4.78 is 11.4. The highest BCUT2D eigenvalue weighted by atomic mass is 79.9. The molecule has 1 amide bonds. The number of aryl methyl sites for hydroxylation is 1. The van der Waals surface area contributed by atoms with Crippen molar-refractivity contribution in [3.05, 3.63) is 33.8 Å². The number of hydrogen-bond donors (Lipinski definition) is 3. The smallest absolute Gasteiger partial charge is 0.340 e. The third kappa shape index (κ3) is 4.06. The molecule has 0 radical (unpaired) electrons. The van der Waals surface area contributed by atoms with Crippen molar-refractivity contribution in [2.24, 2.45) is 0 Å². The van der Waals surface area contributed by atoms with E-state index in [0.717, 1.165) is 10.0 Å². The van der Waals surface area contributed by atoms with Gasteiger partial charge in [-0.3, -0.25) is 9.36 Å². The van der Waals surface area contributed by atoms with Crippen molar-refractivity contribution in [1.82, 2.24) is 5.32 Å². The van der Waals surface area contributed by atoms with E-state index < -0.39 is 19.8 Å². The molecule has 0 bridgehead atoms. The molecule has 3 N–H and O–H groups in total. The molecule has 0 aliphatic rings. The first kappa shape index (κ1) is 13.4. The molecule has 0 spiro atoms. The second-order valence-corrected chi connectivity index (χ2v) is 5.85. The van der Waals surface area contributed by atoms with Gasteiger partial charge >= 0.3 is 7.60 Å². The highest BCUT2D eigenvalue weighted by Crippen LogP contribution is 2.32. The lowest BCUT2D eigenvalue weighted by Gasteiger charge is -2.08. The van der Waals surface area contributed by atoms with E-state index in [0.29, 0.717) is 5.56 Å². The van der Waals surface area contributed by atoms with Crippen LogP contribution in [0.1, 0.15) is 15.9 Å². The lowest BCUT2D eigenvalue weighted by atomic mass is 10.1. The summed E-state index contributed by atoms with van der Waals surface area (Å²) in [4.78, 5) is 28.8. The summed E-state index contributed by atoms with van der Waals surface area (Å²) >= 11 is 3.26. The first-order chi connectivity index (χ1) is 7.29. The van der Waals surface area contributed by atoms with E-state index >= 15 is 0 Å². The van der Waals surface area contributed by atoms with Gasteiger partial charge in [0.15, 0.2) is 0 Å². The Morgan fingerprint density at radius 1 is 1.50 bits per heavy atom. The Bertz CT molecular complexity index is 457. The van der Waals surface area contributed by atoms with Crippen LogP contribution in [0, 0.1) is 6.92 Å². The molecule has 7 heteroatoms. The third-order valence-corrected chi connectivity index (χ3v) is 2.94. The second kappa shape index (κ2) is 5.10. The van der Waals surface area contributed by atoms with E-state index in [4.69, 9.17) is 9.79 Å². The standard InChI is InChI=1S/C9H11BrNO4P/c1-6-4-7(10)2-3-8(6)9(12)11-5-16(13,14)15/h2-4H,5H2,1H3,(H,11,12)(H2,13,14,15). The maximum atomic E-state index is 11.6. The van der Waals surface area contributed by atoms with Crippen molar-refractivity contribution < 1.29 is 19.1 Å². The Morgan fingerprint density at radius 3 is 2.62 bits per heavy atom. The quantitative estimate of drug-likeness (QED) is 0.741. The van der Waals surface area contributed by atoms with Crippen molar-refractivity contribution in [3.8, 4) is 0 Å². The van der Waals surface area contributed by atoms with Gasteiger partial charge in [-0.25, -0.2) is 0 Å². The molecule has 0 saturated carbocycles. The minimum atomic E-state index is -4.21. The summed E-state index contributed by atoms with van der Waals surface area (Å²) in [5.41, 5.74) is 1.13. The Hall–Kier alpha value is -0.680. The molecule has 88 valence electrons. The van der Waals surface area contributed by atoms with Crippen molar-refractivity contribution in [2.75, 3.05) is 6.29 Å². The molecule has 16 heavy (non-hydrogen) atoms. The van der Waals surface area contributed by atoms with Gasteiger partial charge < -0.3 is 15.1 Å². The lowest BCUT2D eigenvalue weighted by molar-refractivity contribution is 0.0956. The maximum absolute atomic E-state index is 11.6. The van der Waals surface area contributed by atoms with E-state index in [1.54, 1.807) is 25.1 Å². The third-order valence-electron chi connectivity index (χ3n) is 1.88. The largest absolute Gasteiger partial charge is 0.344 e. The fourth-order valence-corrected chi connectivity index (χ4v) is 1.98. The van der Waals surface area contributed by atoms with Crippen LogP contribution in [0.5, 0.6) is 0 Å². The summed E-state index contributed by atoms with van der Waals surface area (Å²) in [6, 6.07) is 5.04. The monoisotopic (exact) mass is 307 g/mol. The zero-order chi connectivity index (χ0) is 12.3. The molecule has 0 saturated heterocycles. The number of carbonyl (C=O) groups is 1. The molecule has 0 atom stereocenters. The molecule has 0 unspecified atom stereocenters. The number of nitrogens with one attached hydrogen (secondary N) is 1. The summed E-state index contributed by atoms with van der Waals surface area (Å²) in [6.07, 6.45) is -0.651. The predicted molar refractivity (Wildman–Crippen MR) is 63.3 cm³/mol. The van der Waals surface area contributed by atoms with Crippen LogP contribution in [-0.4, -0.2) is 22.0 Å². The van der Waals surface area contributed by atoms with Gasteiger partial charge in [-0.15, -0.1) is 0 Å². The average Bonchev–Trinajstić information content (AvgIpc) is 2.13. The Kier molecular flexibility index (Phi) is 4.27. The fraction of sp³-hybridized carbons (Fsp3) is 0.222. The summed E-state index contributed by atoms with van der Waals surface area (Å²) in [7, 11) is -4.21. The Balaban J connectivity index is 2.78. The minimum absolute atomic E-state index is 0.400. The van der Waals surface area contributed by atoms with Gasteiger partial charge in [-0.05, 0) is 30.7 Å². The van der Waals surface area contributed by atoms with Gasteiger partial charge in [-0.2, -0.15) is 0 Å². The topological polar surface area (TPSA) is 86.6 Å². The molecule has 5 nitrogen and oxygen atoms in total. The van der Waals surface area contributed by atoms with Crippen molar-refractivity contribution in [2.45, 2.75) is 6.92 Å². The number of halogens is 1. The molecule has 0 heterocycles. The molecule has 1 aromatic rings. The first-order valence-corrected chi connectivity index (χ1v) is 6.97. The van der Waals surface area contributed by atoms with E-state index in [1.807, 2.05) is 0 Å². The molecule has 0 aliphatic carbocycles. The molecule has 0 aliphatic heterocycles. The number of benzene rings is 1. The van der Waals surface area contributed by atoms with Crippen LogP contribution in [0.2, 0.25) is 0 Å². The molecular formula is C9H11BrNO4P. The van der Waals surface area contributed by atoms with Crippen LogP contribution in [0.15, 0.2) is 22.7 Å². The minimum Gasteiger partial charge on any atom is -0.340 e. The SMILES string of the molecule is Cc1cc(Br)ccc1C(=O)NCP(=O)(O)O. The number of carbonyl (C=O) groups excluding carboxylic acids is 1. The Morgan fingerprint density at radius 2 is 2.12 bits per heavy atom. The predicted octanol–water partition coefficient (Wildman–Crippen LogP) is 1.62. The summed E-state index contributed by atoms with van der Waals surface area (Å²) in [5, 5.41) is 2.18. The van der Waals surface area contributed by atoms with E-state index in [-0.39, 0.29) is 0 Å². The normalized spacial score (nSPS) is 11.2. The van der Waals surface area contributed by atoms with Crippen molar-refractivity contribution >= 4 is 29.4 Å². The van der Waals surface area contributed by atoms with Gasteiger partial charge in [0, 0.05) is 10.0 Å². The zero-order valence-electron chi connectivity index (χ0n) is 8.48. The molecule has 1 aromatic carbocycles. The fourth-order valence-electron chi connectivity index (χ4n) is 1.15. The van der Waals surface area contributed by atoms with Crippen molar-refractivity contribution in [1.29, 1.82) is 0 Å². The van der Waals surface area contributed by atoms with Gasteiger partial charge in [0.2, 0.25) is 0 Å². The average molecular weight is 308 g/mol. The number of rotatable bonds is 3. The summed E-state index contributed by atoms with van der Waals surface area (Å²) in [6.45, 7) is 1.75. The maximum Gasteiger partial charge on any atom is 0.344 e. The van der Waals surface area contributed by atoms with Gasteiger partial charge in [0.1, 0.15) is 6.29 Å². The zero-order valence-corrected chi connectivity index (χ0v) is 11.0. The van der Waals surface area contributed by atoms with Gasteiger partial charge in [0.05, 0.1) is 0 Å². The van der Waals surface area contributed by atoms with Crippen LogP contribution in [0.3, 0.4) is 0 Å². The van der Waals surface area contributed by atoms with E-state index in [1.165, 1.54) is 0 Å². The van der Waals surface area contributed by atoms with Crippen LogP contribution in [0.4, 0.5) is 0 Å². The highest BCUT2D eigenvalue weighted by Gasteiger charge is 2.16. The molecular weight excluding hydrogens is 297 g/mol. The molecule has 0 fully saturated rings. The number of amides is 1. The van der Waals surface area contributed by atoms with Crippen molar-refractivity contribution in [3.63, 3.8) is 0 Å². The van der Waals surface area contributed by atoms with Crippen LogP contribution in [0.25, 0.3) is 0 Å². The van der Waals surface area contributed by atoms with Gasteiger partial charge in [-0.1, -0.05) is 15.9 Å². The Labute approximate surface area is 101 Å². The lowest BCUT2D eigenvalue weighted by Crippen LogP contribution is -2.25. The molecule has 1 rings (SSSR count). The van der Waals surface area contributed by atoms with Crippen LogP contribution >= 0.6 is 23.5 Å². The summed E-state index contributed by atoms with van der Waals surface area (Å²) in [5.74, 6) is -0.492. The van der Waals surface area contributed by atoms with Crippen LogP contribution < -0.4 is 5.32 Å². The second-order valence-electron chi connectivity index (χ2n) is 3.29. The number of hydrogen-bond acceptors (Lipinski definition) is 2. The van der Waals surface area contributed by atoms with Crippen LogP contribution in [-0.2, 0) is 4.57 Å². The van der Waals surface area contributed by atoms with E-state index in [9.17, 15) is 9.36 Å². The first-order valence-electron chi connectivity index (χ1n) is 4.38. The highest BCUT2D eigenvalue weighted by molar-refractivity contribution is 9.10. The van der Waals surface area contributed by atoms with E-state index in [2.05, 4.69) is 21.2 Å².